The second kappa shape index (κ2) is 9.27. The van der Waals surface area contributed by atoms with Crippen LogP contribution in [0.1, 0.15) is 19.4 Å². The quantitative estimate of drug-likeness (QED) is 0.617. The van der Waals surface area contributed by atoms with Crippen LogP contribution in [-0.4, -0.2) is 59.7 Å². The maximum Gasteiger partial charge on any atom is 0.293 e. The van der Waals surface area contributed by atoms with Crippen LogP contribution in [0, 0.1) is 3.95 Å². The van der Waals surface area contributed by atoms with Gasteiger partial charge >= 0.3 is 0 Å². The predicted molar refractivity (Wildman–Crippen MR) is 114 cm³/mol. The Hall–Kier alpha value is -1.59. The van der Waals surface area contributed by atoms with Crippen LogP contribution in [0.3, 0.4) is 0 Å². The van der Waals surface area contributed by atoms with E-state index in [2.05, 4.69) is 10.00 Å². The van der Waals surface area contributed by atoms with Gasteiger partial charge in [0.05, 0.1) is 12.8 Å². The van der Waals surface area contributed by atoms with E-state index in [1.807, 2.05) is 44.2 Å². The Morgan fingerprint density at radius 2 is 1.89 bits per heavy atom. The molecule has 1 fully saturated rings. The summed E-state index contributed by atoms with van der Waals surface area (Å²) in [5.74, 6) is 0. The number of ether oxygens (including phenoxy) is 1. The van der Waals surface area contributed by atoms with Gasteiger partial charge in [-0.15, -0.1) is 5.10 Å². The van der Waals surface area contributed by atoms with Gasteiger partial charge in [-0.3, -0.25) is 4.90 Å². The zero-order chi connectivity index (χ0) is 20.1. The van der Waals surface area contributed by atoms with Crippen LogP contribution in [0.5, 0.6) is 5.19 Å². The Labute approximate surface area is 174 Å². The van der Waals surface area contributed by atoms with E-state index >= 15 is 0 Å². The van der Waals surface area contributed by atoms with Crippen LogP contribution < -0.4 is 4.74 Å². The lowest BCUT2D eigenvalue weighted by Gasteiger charge is -2.32. The molecule has 7 nitrogen and oxygen atoms in total. The number of piperazine rings is 1. The Morgan fingerprint density at radius 3 is 2.54 bits per heavy atom. The third-order valence-electron chi connectivity index (χ3n) is 4.18. The maximum absolute atomic E-state index is 12.6. The molecule has 0 atom stereocenters. The van der Waals surface area contributed by atoms with Crippen LogP contribution in [0.4, 0.5) is 0 Å². The SMILES string of the molecule is CC(C)Oc1nn(CN2CCN(S(=O)(=O)/C=C/c3ccccc3)CC2)c(=S)s1. The molecule has 1 aromatic heterocycles. The average molecular weight is 441 g/mol. The Balaban J connectivity index is 1.56. The van der Waals surface area contributed by atoms with Crippen LogP contribution in [0.2, 0.25) is 0 Å². The molecule has 0 radical (unpaired) electrons. The van der Waals surface area contributed by atoms with Crippen LogP contribution in [-0.2, 0) is 16.7 Å². The minimum atomic E-state index is -3.43. The third-order valence-corrected chi connectivity index (χ3v) is 6.94. The van der Waals surface area contributed by atoms with Crippen LogP contribution in [0.15, 0.2) is 35.7 Å². The lowest BCUT2D eigenvalue weighted by Crippen LogP contribution is -2.48. The smallest absolute Gasteiger partial charge is 0.293 e. The molecule has 0 bridgehead atoms. The van der Waals surface area contributed by atoms with Crippen LogP contribution >= 0.6 is 23.6 Å². The van der Waals surface area contributed by atoms with Crippen molar-refractivity contribution in [2.75, 3.05) is 26.2 Å². The summed E-state index contributed by atoms with van der Waals surface area (Å²) in [6.45, 7) is 6.55. The van der Waals surface area contributed by atoms with E-state index in [1.165, 1.54) is 21.1 Å². The molecule has 0 spiro atoms. The lowest BCUT2D eigenvalue weighted by molar-refractivity contribution is 0.143. The molecule has 152 valence electrons. The van der Waals surface area contributed by atoms with Gasteiger partial charge in [-0.1, -0.05) is 30.3 Å². The first-order valence-corrected chi connectivity index (χ1v) is 11.8. The number of hydrogen-bond acceptors (Lipinski definition) is 7. The predicted octanol–water partition coefficient (Wildman–Crippen LogP) is 3.04. The summed E-state index contributed by atoms with van der Waals surface area (Å²) in [4.78, 5) is 2.14. The number of aromatic nitrogens is 2. The van der Waals surface area contributed by atoms with Gasteiger partial charge in [0.2, 0.25) is 10.0 Å². The number of nitrogens with zero attached hydrogens (tertiary/aromatic N) is 4. The molecule has 3 rings (SSSR count). The summed E-state index contributed by atoms with van der Waals surface area (Å²) < 4.78 is 34.6. The van der Waals surface area contributed by atoms with E-state index in [0.717, 1.165) is 5.56 Å². The molecule has 10 heteroatoms. The number of hydrogen-bond donors (Lipinski definition) is 0. The van der Waals surface area contributed by atoms with E-state index in [-0.39, 0.29) is 6.10 Å². The summed E-state index contributed by atoms with van der Waals surface area (Å²) in [6.07, 6.45) is 1.68. The molecule has 0 unspecified atom stereocenters. The monoisotopic (exact) mass is 440 g/mol. The maximum atomic E-state index is 12.6. The minimum Gasteiger partial charge on any atom is -0.466 e. The standard InChI is InChI=1S/C18H24N4O3S3/c1-15(2)25-17-19-22(18(26)27-17)14-20-9-11-21(12-10-20)28(23,24)13-8-16-6-4-3-5-7-16/h3-8,13,15H,9-12,14H2,1-2H3/b13-8+. The second-order valence-corrected chi connectivity index (χ2v) is 10.1. The topological polar surface area (TPSA) is 67.7 Å². The highest BCUT2D eigenvalue weighted by molar-refractivity contribution is 7.92. The Morgan fingerprint density at radius 1 is 1.21 bits per heavy atom. The number of sulfonamides is 1. The summed E-state index contributed by atoms with van der Waals surface area (Å²) in [5, 5.41) is 6.24. The Bertz CT molecular complexity index is 959. The van der Waals surface area contributed by atoms with E-state index in [9.17, 15) is 8.42 Å². The zero-order valence-corrected chi connectivity index (χ0v) is 18.3. The minimum absolute atomic E-state index is 0.0479. The second-order valence-electron chi connectivity index (χ2n) is 6.72. The van der Waals surface area contributed by atoms with Crippen molar-refractivity contribution in [1.82, 2.24) is 19.0 Å². The van der Waals surface area contributed by atoms with E-state index in [1.54, 1.807) is 10.8 Å². The van der Waals surface area contributed by atoms with Gasteiger partial charge in [0, 0.05) is 31.6 Å². The molecule has 1 aliphatic heterocycles. The van der Waals surface area contributed by atoms with E-state index in [4.69, 9.17) is 17.0 Å². The van der Waals surface area contributed by atoms with Gasteiger partial charge in [-0.25, -0.2) is 13.1 Å². The summed E-state index contributed by atoms with van der Waals surface area (Å²) >= 11 is 6.70. The van der Waals surface area contributed by atoms with Crippen molar-refractivity contribution >= 4 is 39.7 Å². The molecule has 1 saturated heterocycles. The molecule has 1 aromatic carbocycles. The Kier molecular flexibility index (Phi) is 7.00. The third kappa shape index (κ3) is 5.71. The molecule has 0 N–H and O–H groups in total. The van der Waals surface area contributed by atoms with Gasteiger partial charge in [0.1, 0.15) is 0 Å². The van der Waals surface area contributed by atoms with Crippen molar-refractivity contribution in [3.63, 3.8) is 0 Å². The largest absolute Gasteiger partial charge is 0.466 e. The normalized spacial score (nSPS) is 16.8. The zero-order valence-electron chi connectivity index (χ0n) is 15.9. The van der Waals surface area contributed by atoms with E-state index < -0.39 is 10.0 Å². The molecular formula is C18H24N4O3S3. The fraction of sp³-hybridized carbons (Fsp3) is 0.444. The summed E-state index contributed by atoms with van der Waals surface area (Å²) in [7, 11) is -3.43. The fourth-order valence-electron chi connectivity index (χ4n) is 2.76. The molecule has 2 heterocycles. The highest BCUT2D eigenvalue weighted by Crippen LogP contribution is 2.19. The molecule has 0 aliphatic carbocycles. The first-order chi connectivity index (χ1) is 13.3. The number of rotatable bonds is 7. The first kappa shape index (κ1) is 21.1. The van der Waals surface area contributed by atoms with Crippen molar-refractivity contribution in [3.8, 4) is 5.19 Å². The van der Waals surface area contributed by atoms with Crippen molar-refractivity contribution < 1.29 is 13.2 Å². The van der Waals surface area contributed by atoms with Gasteiger partial charge in [-0.05, 0) is 49.0 Å². The van der Waals surface area contributed by atoms with Gasteiger partial charge in [-0.2, -0.15) is 4.31 Å². The van der Waals surface area contributed by atoms with Crippen molar-refractivity contribution in [2.24, 2.45) is 0 Å². The fourth-order valence-corrected chi connectivity index (χ4v) is 4.97. The van der Waals surface area contributed by atoms with Gasteiger partial charge < -0.3 is 4.74 Å². The molecule has 0 amide bonds. The molecule has 2 aromatic rings. The van der Waals surface area contributed by atoms with Crippen molar-refractivity contribution in [3.05, 3.63) is 45.3 Å². The van der Waals surface area contributed by atoms with Crippen molar-refractivity contribution in [2.45, 2.75) is 26.6 Å². The summed E-state index contributed by atoms with van der Waals surface area (Å²) in [5.41, 5.74) is 0.863. The first-order valence-electron chi connectivity index (χ1n) is 9.04. The van der Waals surface area contributed by atoms with Gasteiger partial charge in [0.25, 0.3) is 5.19 Å². The highest BCUT2D eigenvalue weighted by atomic mass is 32.2. The summed E-state index contributed by atoms with van der Waals surface area (Å²) in [6, 6.07) is 9.41. The highest BCUT2D eigenvalue weighted by Gasteiger charge is 2.25. The average Bonchev–Trinajstić information content (AvgIpc) is 2.99. The van der Waals surface area contributed by atoms with Crippen LogP contribution in [0.25, 0.3) is 6.08 Å². The van der Waals surface area contributed by atoms with E-state index in [0.29, 0.717) is 42.0 Å². The lowest BCUT2D eigenvalue weighted by atomic mass is 10.2. The molecule has 1 aliphatic rings. The molecular weight excluding hydrogens is 416 g/mol. The molecule has 0 saturated carbocycles. The molecule has 28 heavy (non-hydrogen) atoms. The van der Waals surface area contributed by atoms with Crippen molar-refractivity contribution in [1.29, 1.82) is 0 Å². The number of benzene rings is 1. The van der Waals surface area contributed by atoms with Gasteiger partial charge in [0.15, 0.2) is 3.95 Å².